The molecule has 0 saturated heterocycles. The molecule has 2 N–H and O–H groups in total. The first kappa shape index (κ1) is 20.2. The molecule has 6 nitrogen and oxygen atoms in total. The molecule has 0 atom stereocenters. The molecule has 0 fully saturated rings. The smallest absolute Gasteiger partial charge is 0.191 e. The maximum Gasteiger partial charge on any atom is 0.191 e. The molecule has 0 saturated carbocycles. The van der Waals surface area contributed by atoms with Crippen LogP contribution in [0.25, 0.3) is 0 Å². The van der Waals surface area contributed by atoms with Crippen LogP contribution in [0.4, 0.5) is 5.82 Å². The summed E-state index contributed by atoms with van der Waals surface area (Å²) in [5, 5.41) is 6.62. The van der Waals surface area contributed by atoms with Gasteiger partial charge in [0.25, 0.3) is 0 Å². The first-order chi connectivity index (χ1) is 11.5. The van der Waals surface area contributed by atoms with Crippen LogP contribution in [0.1, 0.15) is 32.8 Å². The molecule has 0 aliphatic rings. The Bertz CT molecular complexity index is 488. The summed E-state index contributed by atoms with van der Waals surface area (Å²) >= 11 is 0. The number of ether oxygens (including phenoxy) is 1. The SMILES string of the molecule is CCNC(=NCc1ccnc(N(C)C)c1)NCCCOCC(C)C. The van der Waals surface area contributed by atoms with Gasteiger partial charge in [0.05, 0.1) is 6.54 Å². The van der Waals surface area contributed by atoms with Crippen LogP contribution in [-0.4, -0.2) is 51.3 Å². The molecule has 1 aromatic heterocycles. The highest BCUT2D eigenvalue weighted by molar-refractivity contribution is 5.79. The first-order valence-electron chi connectivity index (χ1n) is 8.75. The number of guanidine groups is 1. The third kappa shape index (κ3) is 8.72. The monoisotopic (exact) mass is 335 g/mol. The van der Waals surface area contributed by atoms with Crippen LogP contribution in [0.3, 0.4) is 0 Å². The van der Waals surface area contributed by atoms with Gasteiger partial charge >= 0.3 is 0 Å². The van der Waals surface area contributed by atoms with Gasteiger partial charge in [-0.2, -0.15) is 0 Å². The van der Waals surface area contributed by atoms with E-state index in [0.29, 0.717) is 12.5 Å². The molecule has 1 heterocycles. The normalized spacial score (nSPS) is 11.7. The lowest BCUT2D eigenvalue weighted by molar-refractivity contribution is 0.108. The van der Waals surface area contributed by atoms with Crippen molar-refractivity contribution in [2.45, 2.75) is 33.7 Å². The number of hydrogen-bond donors (Lipinski definition) is 2. The number of anilines is 1. The third-order valence-corrected chi connectivity index (χ3v) is 3.24. The zero-order valence-corrected chi connectivity index (χ0v) is 15.8. The number of aromatic nitrogens is 1. The highest BCUT2D eigenvalue weighted by Crippen LogP contribution is 2.10. The molecule has 0 aromatic carbocycles. The van der Waals surface area contributed by atoms with Crippen molar-refractivity contribution >= 4 is 11.8 Å². The molecule has 1 rings (SSSR count). The van der Waals surface area contributed by atoms with E-state index in [1.165, 1.54) is 0 Å². The Hall–Kier alpha value is -1.82. The van der Waals surface area contributed by atoms with Gasteiger partial charge < -0.3 is 20.3 Å². The molecule has 0 spiro atoms. The number of pyridine rings is 1. The Labute approximate surface area is 146 Å². The van der Waals surface area contributed by atoms with Crippen molar-refractivity contribution in [3.8, 4) is 0 Å². The molecule has 0 amide bonds. The molecule has 136 valence electrons. The number of hydrogen-bond acceptors (Lipinski definition) is 4. The minimum Gasteiger partial charge on any atom is -0.381 e. The van der Waals surface area contributed by atoms with E-state index in [0.717, 1.165) is 50.1 Å². The highest BCUT2D eigenvalue weighted by Gasteiger charge is 2.01. The predicted molar refractivity (Wildman–Crippen MR) is 102 cm³/mol. The summed E-state index contributed by atoms with van der Waals surface area (Å²) in [5.41, 5.74) is 1.14. The summed E-state index contributed by atoms with van der Waals surface area (Å²) < 4.78 is 5.59. The molecule has 0 unspecified atom stereocenters. The third-order valence-electron chi connectivity index (χ3n) is 3.24. The highest BCUT2D eigenvalue weighted by atomic mass is 16.5. The minimum atomic E-state index is 0.587. The molecule has 0 aliphatic heterocycles. The van der Waals surface area contributed by atoms with Crippen molar-refractivity contribution in [3.63, 3.8) is 0 Å². The molecule has 0 bridgehead atoms. The zero-order chi connectivity index (χ0) is 17.8. The Kier molecular flexibility index (Phi) is 9.84. The fraction of sp³-hybridized carbons (Fsp3) is 0.667. The summed E-state index contributed by atoms with van der Waals surface area (Å²) in [6.07, 6.45) is 2.80. The van der Waals surface area contributed by atoms with Gasteiger partial charge in [-0.25, -0.2) is 9.98 Å². The summed E-state index contributed by atoms with van der Waals surface area (Å²) in [4.78, 5) is 11.0. The van der Waals surface area contributed by atoms with Crippen molar-refractivity contribution in [3.05, 3.63) is 23.9 Å². The second-order valence-electron chi connectivity index (χ2n) is 6.36. The van der Waals surface area contributed by atoms with Crippen LogP contribution < -0.4 is 15.5 Å². The van der Waals surface area contributed by atoms with Gasteiger partial charge in [0.15, 0.2) is 5.96 Å². The lowest BCUT2D eigenvalue weighted by atomic mass is 10.2. The fourth-order valence-electron chi connectivity index (χ4n) is 2.02. The van der Waals surface area contributed by atoms with Crippen molar-refractivity contribution in [2.75, 3.05) is 45.3 Å². The van der Waals surface area contributed by atoms with Gasteiger partial charge in [0.2, 0.25) is 0 Å². The molecule has 6 heteroatoms. The summed E-state index contributed by atoms with van der Waals surface area (Å²) in [7, 11) is 3.98. The summed E-state index contributed by atoms with van der Waals surface area (Å²) in [5.74, 6) is 2.37. The van der Waals surface area contributed by atoms with Gasteiger partial charge in [0, 0.05) is 46.6 Å². The van der Waals surface area contributed by atoms with Crippen LogP contribution in [0.5, 0.6) is 0 Å². The first-order valence-corrected chi connectivity index (χ1v) is 8.75. The molecule has 0 radical (unpaired) electrons. The van der Waals surface area contributed by atoms with E-state index in [9.17, 15) is 0 Å². The molecule has 24 heavy (non-hydrogen) atoms. The van der Waals surface area contributed by atoms with E-state index in [4.69, 9.17) is 4.74 Å². The van der Waals surface area contributed by atoms with Gasteiger partial charge in [0.1, 0.15) is 5.82 Å². The zero-order valence-electron chi connectivity index (χ0n) is 15.8. The number of rotatable bonds is 10. The second-order valence-corrected chi connectivity index (χ2v) is 6.36. The van der Waals surface area contributed by atoms with Crippen molar-refractivity contribution in [1.82, 2.24) is 15.6 Å². The van der Waals surface area contributed by atoms with Crippen LogP contribution in [0.2, 0.25) is 0 Å². The quantitative estimate of drug-likeness (QED) is 0.390. The number of nitrogens with one attached hydrogen (secondary N) is 2. The van der Waals surface area contributed by atoms with Gasteiger partial charge in [-0.05, 0) is 37.0 Å². The van der Waals surface area contributed by atoms with Crippen molar-refractivity contribution < 1.29 is 4.74 Å². The number of nitrogens with zero attached hydrogens (tertiary/aromatic N) is 3. The summed E-state index contributed by atoms with van der Waals surface area (Å²) in [6.45, 7) is 10.3. The average molecular weight is 335 g/mol. The summed E-state index contributed by atoms with van der Waals surface area (Å²) in [6, 6.07) is 4.06. The van der Waals surface area contributed by atoms with Crippen molar-refractivity contribution in [2.24, 2.45) is 10.9 Å². The minimum absolute atomic E-state index is 0.587. The van der Waals surface area contributed by atoms with E-state index in [2.05, 4.69) is 47.4 Å². The van der Waals surface area contributed by atoms with Gasteiger partial charge in [-0.3, -0.25) is 0 Å². The molecular formula is C18H33N5O. The topological polar surface area (TPSA) is 61.8 Å². The standard InChI is InChI=1S/C18H33N5O/c1-6-19-18(21-9-7-11-24-14-15(2)3)22-13-16-8-10-20-17(12-16)23(4)5/h8,10,12,15H,6-7,9,11,13-14H2,1-5H3,(H2,19,21,22). The van der Waals surface area contributed by atoms with Gasteiger partial charge in [-0.1, -0.05) is 13.8 Å². The van der Waals surface area contributed by atoms with Crippen molar-refractivity contribution in [1.29, 1.82) is 0 Å². The Balaban J connectivity index is 2.43. The molecular weight excluding hydrogens is 302 g/mol. The van der Waals surface area contributed by atoms with Crippen LogP contribution in [-0.2, 0) is 11.3 Å². The van der Waals surface area contributed by atoms with E-state index in [1.54, 1.807) is 0 Å². The lowest BCUT2D eigenvalue weighted by Gasteiger charge is -2.13. The van der Waals surface area contributed by atoms with E-state index < -0.39 is 0 Å². The van der Waals surface area contributed by atoms with Gasteiger partial charge in [-0.15, -0.1) is 0 Å². The fourth-order valence-corrected chi connectivity index (χ4v) is 2.02. The van der Waals surface area contributed by atoms with E-state index in [1.807, 2.05) is 31.3 Å². The van der Waals surface area contributed by atoms with Crippen LogP contribution in [0.15, 0.2) is 23.3 Å². The van der Waals surface area contributed by atoms with Crippen LogP contribution >= 0.6 is 0 Å². The Morgan fingerprint density at radius 3 is 2.79 bits per heavy atom. The Morgan fingerprint density at radius 1 is 1.33 bits per heavy atom. The lowest BCUT2D eigenvalue weighted by Crippen LogP contribution is -2.38. The molecule has 0 aliphatic carbocycles. The van der Waals surface area contributed by atoms with Crippen LogP contribution in [0, 0.1) is 5.92 Å². The Morgan fingerprint density at radius 2 is 2.12 bits per heavy atom. The molecule has 1 aromatic rings. The van der Waals surface area contributed by atoms with E-state index in [-0.39, 0.29) is 0 Å². The second kappa shape index (κ2) is 11.7. The predicted octanol–water partition coefficient (Wildman–Crippen LogP) is 2.27. The maximum atomic E-state index is 5.59. The largest absolute Gasteiger partial charge is 0.381 e. The average Bonchev–Trinajstić information content (AvgIpc) is 2.55. The maximum absolute atomic E-state index is 5.59. The number of aliphatic imine (C=N–C) groups is 1. The van der Waals surface area contributed by atoms with E-state index >= 15 is 0 Å².